The zero-order valence-corrected chi connectivity index (χ0v) is 28.0. The molecule has 0 aliphatic rings. The number of halogens is 2. The van der Waals surface area contributed by atoms with Gasteiger partial charge in [-0.1, -0.05) is 95.5 Å². The molecule has 0 heterocycles. The summed E-state index contributed by atoms with van der Waals surface area (Å²) in [6.07, 6.45) is 0.200. The minimum Gasteiger partial charge on any atom is -0.350 e. The Morgan fingerprint density at radius 1 is 0.800 bits per heavy atom. The summed E-state index contributed by atoms with van der Waals surface area (Å²) in [4.78, 5) is 29.9. The van der Waals surface area contributed by atoms with Gasteiger partial charge in [0, 0.05) is 18.5 Å². The molecule has 0 saturated heterocycles. The predicted octanol–water partition coefficient (Wildman–Crippen LogP) is 7.05. The molecule has 0 fully saturated rings. The van der Waals surface area contributed by atoms with Crippen molar-refractivity contribution in [2.45, 2.75) is 57.1 Å². The number of carbonyl (C=O) groups is 2. The molecule has 1 unspecified atom stereocenters. The van der Waals surface area contributed by atoms with Crippen molar-refractivity contribution >= 4 is 50.7 Å². The van der Waals surface area contributed by atoms with Crippen LogP contribution in [0.1, 0.15) is 37.5 Å². The Morgan fingerprint density at radius 3 is 1.98 bits per heavy atom. The van der Waals surface area contributed by atoms with Crippen LogP contribution in [0.25, 0.3) is 0 Å². The van der Waals surface area contributed by atoms with Gasteiger partial charge in [-0.15, -0.1) is 0 Å². The minimum absolute atomic E-state index is 0.0159. The molecule has 1 N–H and O–H groups in total. The number of anilines is 1. The molecule has 7 nitrogen and oxygen atoms in total. The van der Waals surface area contributed by atoms with Crippen molar-refractivity contribution in [1.29, 1.82) is 0 Å². The van der Waals surface area contributed by atoms with Gasteiger partial charge in [0.1, 0.15) is 12.6 Å². The van der Waals surface area contributed by atoms with Crippen LogP contribution in [0.15, 0.2) is 108 Å². The summed E-state index contributed by atoms with van der Waals surface area (Å²) in [6.45, 7) is 6.89. The molecule has 1 atom stereocenters. The van der Waals surface area contributed by atoms with Gasteiger partial charge in [0.2, 0.25) is 11.8 Å². The highest BCUT2D eigenvalue weighted by Gasteiger charge is 2.35. The lowest BCUT2D eigenvalue weighted by molar-refractivity contribution is -0.140. The molecule has 4 rings (SSSR count). The fourth-order valence-corrected chi connectivity index (χ4v) is 6.54. The molecule has 0 aromatic heterocycles. The zero-order chi connectivity index (χ0) is 32.8. The second-order valence-corrected chi connectivity index (χ2v) is 14.6. The SMILES string of the molecule is Cc1ccc(S(=O)(=O)N(CC(=O)N(Cc2ccc(Cl)c(Cl)c2)C(Cc2ccccc2)C(=O)NC(C)(C)C)c2ccccc2)cc1. The first-order valence-corrected chi connectivity index (χ1v) is 16.7. The molecule has 0 radical (unpaired) electrons. The molecule has 4 aromatic rings. The number of sulfonamides is 1. The highest BCUT2D eigenvalue weighted by Crippen LogP contribution is 2.27. The van der Waals surface area contributed by atoms with Crippen molar-refractivity contribution in [2.24, 2.45) is 0 Å². The van der Waals surface area contributed by atoms with Crippen LogP contribution in [0.2, 0.25) is 10.0 Å². The smallest absolute Gasteiger partial charge is 0.264 e. The summed E-state index contributed by atoms with van der Waals surface area (Å²) in [7, 11) is -4.17. The van der Waals surface area contributed by atoms with Crippen LogP contribution in [-0.4, -0.2) is 43.3 Å². The van der Waals surface area contributed by atoms with E-state index in [9.17, 15) is 18.0 Å². The Morgan fingerprint density at radius 2 is 1.40 bits per heavy atom. The van der Waals surface area contributed by atoms with Crippen molar-refractivity contribution in [1.82, 2.24) is 10.2 Å². The number of hydrogen-bond donors (Lipinski definition) is 1. The average molecular weight is 667 g/mol. The molecular formula is C35H37Cl2N3O4S. The lowest BCUT2D eigenvalue weighted by atomic mass is 10.0. The fraction of sp³-hybridized carbons (Fsp3) is 0.257. The van der Waals surface area contributed by atoms with Crippen LogP contribution in [-0.2, 0) is 32.6 Å². The van der Waals surface area contributed by atoms with Crippen molar-refractivity contribution in [3.8, 4) is 0 Å². The van der Waals surface area contributed by atoms with Gasteiger partial charge in [-0.2, -0.15) is 0 Å². The molecule has 0 bridgehead atoms. The van der Waals surface area contributed by atoms with E-state index in [4.69, 9.17) is 23.2 Å². The van der Waals surface area contributed by atoms with Crippen molar-refractivity contribution in [3.05, 3.63) is 130 Å². The molecule has 45 heavy (non-hydrogen) atoms. The second kappa shape index (κ2) is 14.5. The van der Waals surface area contributed by atoms with Gasteiger partial charge in [0.05, 0.1) is 20.6 Å². The van der Waals surface area contributed by atoms with Gasteiger partial charge in [-0.3, -0.25) is 13.9 Å². The molecular weight excluding hydrogens is 629 g/mol. The van der Waals surface area contributed by atoms with E-state index in [1.807, 2.05) is 58.0 Å². The van der Waals surface area contributed by atoms with Gasteiger partial charge in [-0.05, 0) is 75.2 Å². The highest BCUT2D eigenvalue weighted by molar-refractivity contribution is 7.92. The Bertz CT molecular complexity index is 1730. The number of nitrogens with one attached hydrogen (secondary N) is 1. The maximum atomic E-state index is 14.5. The summed E-state index contributed by atoms with van der Waals surface area (Å²) in [6, 6.07) is 28.3. The van der Waals surface area contributed by atoms with E-state index in [2.05, 4.69) is 5.32 Å². The average Bonchev–Trinajstić information content (AvgIpc) is 2.99. The van der Waals surface area contributed by atoms with Gasteiger partial charge in [0.25, 0.3) is 10.0 Å². The molecule has 236 valence electrons. The number of amides is 2. The summed E-state index contributed by atoms with van der Waals surface area (Å²) in [5.74, 6) is -0.932. The number of nitrogens with zero attached hydrogens (tertiary/aromatic N) is 2. The van der Waals surface area contributed by atoms with E-state index in [1.54, 1.807) is 60.7 Å². The van der Waals surface area contributed by atoms with E-state index in [0.29, 0.717) is 21.3 Å². The third kappa shape index (κ3) is 9.10. The van der Waals surface area contributed by atoms with Crippen LogP contribution in [0.3, 0.4) is 0 Å². The van der Waals surface area contributed by atoms with Crippen molar-refractivity contribution in [3.63, 3.8) is 0 Å². The lowest BCUT2D eigenvalue weighted by Gasteiger charge is -2.35. The molecule has 0 saturated carbocycles. The van der Waals surface area contributed by atoms with Gasteiger partial charge in [0.15, 0.2) is 0 Å². The summed E-state index contributed by atoms with van der Waals surface area (Å²) in [5, 5.41) is 3.67. The first-order chi connectivity index (χ1) is 21.2. The Labute approximate surface area is 275 Å². The van der Waals surface area contributed by atoms with Crippen molar-refractivity contribution in [2.75, 3.05) is 10.8 Å². The largest absolute Gasteiger partial charge is 0.350 e. The number of hydrogen-bond acceptors (Lipinski definition) is 4. The number of para-hydroxylation sites is 1. The number of benzene rings is 4. The Balaban J connectivity index is 1.81. The molecule has 10 heteroatoms. The second-order valence-electron chi connectivity index (χ2n) is 11.9. The number of rotatable bonds is 11. The predicted molar refractivity (Wildman–Crippen MR) is 181 cm³/mol. The minimum atomic E-state index is -4.17. The monoisotopic (exact) mass is 665 g/mol. The first-order valence-electron chi connectivity index (χ1n) is 14.5. The molecule has 4 aromatic carbocycles. The van der Waals surface area contributed by atoms with E-state index < -0.39 is 34.1 Å². The van der Waals surface area contributed by atoms with E-state index in [0.717, 1.165) is 15.4 Å². The quantitative estimate of drug-likeness (QED) is 0.186. The van der Waals surface area contributed by atoms with Crippen LogP contribution in [0, 0.1) is 6.92 Å². The molecule has 2 amide bonds. The summed E-state index contributed by atoms with van der Waals surface area (Å²) >= 11 is 12.5. The van der Waals surface area contributed by atoms with Gasteiger partial charge >= 0.3 is 0 Å². The van der Waals surface area contributed by atoms with Crippen LogP contribution >= 0.6 is 23.2 Å². The van der Waals surface area contributed by atoms with E-state index in [-0.39, 0.29) is 23.8 Å². The summed E-state index contributed by atoms with van der Waals surface area (Å²) in [5.41, 5.74) is 2.10. The van der Waals surface area contributed by atoms with Crippen LogP contribution in [0.5, 0.6) is 0 Å². The Hall–Kier alpha value is -3.85. The molecule has 0 aliphatic heterocycles. The highest BCUT2D eigenvalue weighted by atomic mass is 35.5. The summed E-state index contributed by atoms with van der Waals surface area (Å²) < 4.78 is 29.2. The third-order valence-corrected chi connectivity index (χ3v) is 9.57. The van der Waals surface area contributed by atoms with Crippen LogP contribution < -0.4 is 9.62 Å². The third-order valence-electron chi connectivity index (χ3n) is 7.04. The van der Waals surface area contributed by atoms with E-state index >= 15 is 0 Å². The maximum Gasteiger partial charge on any atom is 0.264 e. The number of carbonyl (C=O) groups excluding carboxylic acids is 2. The zero-order valence-electron chi connectivity index (χ0n) is 25.7. The van der Waals surface area contributed by atoms with Gasteiger partial charge in [-0.25, -0.2) is 8.42 Å². The van der Waals surface area contributed by atoms with E-state index in [1.165, 1.54) is 17.0 Å². The molecule has 0 spiro atoms. The van der Waals surface area contributed by atoms with Crippen molar-refractivity contribution < 1.29 is 18.0 Å². The van der Waals surface area contributed by atoms with Crippen LogP contribution in [0.4, 0.5) is 5.69 Å². The number of aryl methyl sites for hydroxylation is 1. The Kier molecular flexibility index (Phi) is 11.0. The van der Waals surface area contributed by atoms with Gasteiger partial charge < -0.3 is 10.2 Å². The fourth-order valence-electron chi connectivity index (χ4n) is 4.80. The topological polar surface area (TPSA) is 86.8 Å². The maximum absolute atomic E-state index is 14.5. The normalized spacial score (nSPS) is 12.3. The first kappa shape index (κ1) is 34.0. The molecule has 0 aliphatic carbocycles. The standard InChI is InChI=1S/C35H37Cl2N3O4S/c1-25-15-18-29(19-16-25)45(43,44)40(28-13-9-6-10-14-28)24-33(41)39(23-27-17-20-30(36)31(37)21-27)32(34(42)38-35(2,3)4)22-26-11-7-5-8-12-26/h5-21,32H,22-24H2,1-4H3,(H,38,42). The lowest BCUT2D eigenvalue weighted by Crippen LogP contribution is -2.56.